The Morgan fingerprint density at radius 1 is 1.79 bits per heavy atom. The van der Waals surface area contributed by atoms with Crippen LogP contribution < -0.4 is 11.4 Å². The standard InChI is InChI=1S/C8H10N3O2S/c1-5-13-7(4-14-5)11-3-2-6(9)10-8(11)12/h2-3,5,7H,1,4H2,(H2,9,10,12)/t5-,7+/m1/s1. The molecule has 5 nitrogen and oxygen atoms in total. The van der Waals surface area contributed by atoms with Crippen LogP contribution in [0.2, 0.25) is 0 Å². The number of nitrogen functional groups attached to an aromatic ring is 1. The van der Waals surface area contributed by atoms with E-state index in [9.17, 15) is 4.79 Å². The quantitative estimate of drug-likeness (QED) is 0.722. The van der Waals surface area contributed by atoms with Gasteiger partial charge in [0.05, 0.1) is 0 Å². The number of hydrogen-bond acceptors (Lipinski definition) is 5. The Morgan fingerprint density at radius 3 is 3.14 bits per heavy atom. The molecule has 0 amide bonds. The van der Waals surface area contributed by atoms with Crippen molar-refractivity contribution in [1.29, 1.82) is 0 Å². The van der Waals surface area contributed by atoms with Crippen LogP contribution in [0.4, 0.5) is 5.82 Å². The van der Waals surface area contributed by atoms with E-state index in [0.29, 0.717) is 5.75 Å². The largest absolute Gasteiger partial charge is 0.383 e. The molecule has 1 aromatic heterocycles. The van der Waals surface area contributed by atoms with Gasteiger partial charge in [0.15, 0.2) is 0 Å². The first-order valence-corrected chi connectivity index (χ1v) is 5.16. The van der Waals surface area contributed by atoms with E-state index in [1.165, 1.54) is 4.57 Å². The summed E-state index contributed by atoms with van der Waals surface area (Å²) in [6.07, 6.45) is 1.32. The zero-order chi connectivity index (χ0) is 10.1. The van der Waals surface area contributed by atoms with Gasteiger partial charge >= 0.3 is 5.69 Å². The molecule has 0 saturated carbocycles. The maximum absolute atomic E-state index is 11.4. The second-order valence-corrected chi connectivity index (χ2v) is 4.09. The molecule has 2 rings (SSSR count). The minimum Gasteiger partial charge on any atom is -0.383 e. The molecule has 0 aliphatic carbocycles. The lowest BCUT2D eigenvalue weighted by Gasteiger charge is -2.12. The molecule has 75 valence electrons. The Morgan fingerprint density at radius 2 is 2.57 bits per heavy atom. The molecule has 1 aromatic rings. The molecule has 1 fully saturated rings. The van der Waals surface area contributed by atoms with E-state index in [0.717, 1.165) is 0 Å². The van der Waals surface area contributed by atoms with Crippen molar-refractivity contribution in [3.05, 3.63) is 29.7 Å². The molecule has 1 aliphatic heterocycles. The second kappa shape index (κ2) is 3.62. The maximum atomic E-state index is 11.4. The van der Waals surface area contributed by atoms with Crippen molar-refractivity contribution in [3.8, 4) is 0 Å². The molecule has 1 radical (unpaired) electrons. The van der Waals surface area contributed by atoms with E-state index in [2.05, 4.69) is 11.9 Å². The number of nitrogens with zero attached hydrogens (tertiary/aromatic N) is 2. The van der Waals surface area contributed by atoms with E-state index >= 15 is 0 Å². The SMILES string of the molecule is [CH2][C@@H]1O[C@H](n2ccc(N)nc2=O)CS1. The van der Waals surface area contributed by atoms with Gasteiger partial charge in [-0.3, -0.25) is 4.57 Å². The van der Waals surface area contributed by atoms with Gasteiger partial charge in [-0.15, -0.1) is 11.8 Å². The highest BCUT2D eigenvalue weighted by Gasteiger charge is 2.24. The van der Waals surface area contributed by atoms with Crippen molar-refractivity contribution >= 4 is 17.6 Å². The Hall–Kier alpha value is -1.01. The molecule has 1 saturated heterocycles. The fourth-order valence-electron chi connectivity index (χ4n) is 1.23. The van der Waals surface area contributed by atoms with E-state index in [4.69, 9.17) is 10.5 Å². The van der Waals surface area contributed by atoms with Crippen LogP contribution in [0.25, 0.3) is 0 Å². The molecule has 0 bridgehead atoms. The van der Waals surface area contributed by atoms with Gasteiger partial charge in [0.1, 0.15) is 17.5 Å². The maximum Gasteiger partial charge on any atom is 0.351 e. The highest BCUT2D eigenvalue weighted by atomic mass is 32.2. The molecule has 0 aromatic carbocycles. The number of rotatable bonds is 1. The summed E-state index contributed by atoms with van der Waals surface area (Å²) >= 11 is 1.56. The average Bonchev–Trinajstić information content (AvgIpc) is 2.51. The molecule has 2 N–H and O–H groups in total. The van der Waals surface area contributed by atoms with E-state index in [1.54, 1.807) is 24.0 Å². The third-order valence-corrected chi connectivity index (χ3v) is 2.86. The third-order valence-electron chi connectivity index (χ3n) is 1.90. The molecule has 1 aliphatic rings. The molecule has 0 unspecified atom stereocenters. The molecular weight excluding hydrogens is 202 g/mol. The number of hydrogen-bond donors (Lipinski definition) is 1. The van der Waals surface area contributed by atoms with Crippen LogP contribution in [0.5, 0.6) is 0 Å². The minimum absolute atomic E-state index is 0.121. The van der Waals surface area contributed by atoms with Crippen LogP contribution >= 0.6 is 11.8 Å². The van der Waals surface area contributed by atoms with E-state index in [-0.39, 0.29) is 23.2 Å². The molecule has 0 spiro atoms. The highest BCUT2D eigenvalue weighted by molar-refractivity contribution is 8.00. The Bertz CT molecular complexity index is 392. The summed E-state index contributed by atoms with van der Waals surface area (Å²) in [5.41, 5.74) is 4.87. The van der Waals surface area contributed by atoms with Gasteiger partial charge in [-0.2, -0.15) is 4.98 Å². The predicted molar refractivity (Wildman–Crippen MR) is 54.6 cm³/mol. The van der Waals surface area contributed by atoms with Crippen molar-refractivity contribution in [2.45, 2.75) is 11.7 Å². The van der Waals surface area contributed by atoms with Crippen LogP contribution in [0.1, 0.15) is 6.23 Å². The third kappa shape index (κ3) is 1.76. The number of ether oxygens (including phenoxy) is 1. The van der Waals surface area contributed by atoms with Crippen LogP contribution in [0.3, 0.4) is 0 Å². The number of nitrogens with two attached hydrogens (primary N) is 1. The monoisotopic (exact) mass is 212 g/mol. The van der Waals surface area contributed by atoms with Crippen molar-refractivity contribution in [3.63, 3.8) is 0 Å². The van der Waals surface area contributed by atoms with Gasteiger partial charge in [-0.1, -0.05) is 0 Å². The highest BCUT2D eigenvalue weighted by Crippen LogP contribution is 2.29. The fraction of sp³-hybridized carbons (Fsp3) is 0.375. The minimum atomic E-state index is -0.385. The van der Waals surface area contributed by atoms with Crippen molar-refractivity contribution in [2.75, 3.05) is 11.5 Å². The van der Waals surface area contributed by atoms with Crippen molar-refractivity contribution in [2.24, 2.45) is 0 Å². The molecule has 14 heavy (non-hydrogen) atoms. The normalized spacial score (nSPS) is 26.6. The first-order chi connectivity index (χ1) is 6.66. The zero-order valence-electron chi connectivity index (χ0n) is 7.42. The molecular formula is C8H10N3O2S. The summed E-state index contributed by atoms with van der Waals surface area (Å²) in [4.78, 5) is 15.0. The first-order valence-electron chi connectivity index (χ1n) is 4.11. The summed E-state index contributed by atoms with van der Waals surface area (Å²) in [5, 5.41) is 0. The lowest BCUT2D eigenvalue weighted by Crippen LogP contribution is -2.28. The lowest BCUT2D eigenvalue weighted by molar-refractivity contribution is 0.0335. The fourth-order valence-corrected chi connectivity index (χ4v) is 2.06. The second-order valence-electron chi connectivity index (χ2n) is 2.90. The van der Waals surface area contributed by atoms with Crippen LogP contribution in [0.15, 0.2) is 17.1 Å². The number of thioether (sulfide) groups is 1. The smallest absolute Gasteiger partial charge is 0.351 e. The van der Waals surface area contributed by atoms with Crippen molar-refractivity contribution in [1.82, 2.24) is 9.55 Å². The number of aromatic nitrogens is 2. The summed E-state index contributed by atoms with van der Waals surface area (Å²) in [6.45, 7) is 3.74. The van der Waals surface area contributed by atoms with Gasteiger partial charge in [-0.25, -0.2) is 4.79 Å². The van der Waals surface area contributed by atoms with E-state index in [1.807, 2.05) is 0 Å². The van der Waals surface area contributed by atoms with Crippen LogP contribution in [-0.2, 0) is 4.74 Å². The van der Waals surface area contributed by atoms with Gasteiger partial charge < -0.3 is 10.5 Å². The Balaban J connectivity index is 2.29. The lowest BCUT2D eigenvalue weighted by atomic mass is 10.5. The van der Waals surface area contributed by atoms with Gasteiger partial charge in [-0.05, 0) is 13.0 Å². The molecule has 2 atom stereocenters. The number of anilines is 1. The summed E-state index contributed by atoms with van der Waals surface area (Å²) in [6, 6.07) is 1.58. The van der Waals surface area contributed by atoms with Crippen LogP contribution in [-0.4, -0.2) is 20.7 Å². The predicted octanol–water partition coefficient (Wildman–Crippen LogP) is 0.248. The zero-order valence-corrected chi connectivity index (χ0v) is 8.24. The summed E-state index contributed by atoms with van der Waals surface area (Å²) in [5.74, 6) is 0.933. The van der Waals surface area contributed by atoms with Crippen LogP contribution in [0, 0.1) is 6.92 Å². The van der Waals surface area contributed by atoms with E-state index < -0.39 is 0 Å². The Kier molecular flexibility index (Phi) is 2.47. The molecule has 2 heterocycles. The van der Waals surface area contributed by atoms with Gasteiger partial charge in [0.25, 0.3) is 0 Å². The van der Waals surface area contributed by atoms with Crippen molar-refractivity contribution < 1.29 is 4.74 Å². The average molecular weight is 212 g/mol. The topological polar surface area (TPSA) is 70.1 Å². The first kappa shape index (κ1) is 9.54. The Labute approximate surface area is 85.3 Å². The van der Waals surface area contributed by atoms with Gasteiger partial charge in [0.2, 0.25) is 0 Å². The van der Waals surface area contributed by atoms with Gasteiger partial charge in [0, 0.05) is 11.9 Å². The summed E-state index contributed by atoms with van der Waals surface area (Å²) < 4.78 is 6.83. The molecule has 6 heteroatoms. The summed E-state index contributed by atoms with van der Waals surface area (Å²) in [7, 11) is 0.